The zero-order valence-electron chi connectivity index (χ0n) is 8.61. The quantitative estimate of drug-likeness (QED) is 0.555. The summed E-state index contributed by atoms with van der Waals surface area (Å²) in [5.41, 5.74) is 5.86. The van der Waals surface area contributed by atoms with Crippen LogP contribution >= 0.6 is 11.8 Å². The van der Waals surface area contributed by atoms with E-state index in [4.69, 9.17) is 5.73 Å². The Balaban J connectivity index is 1.73. The Hall–Kier alpha value is -0.380. The molecule has 14 heavy (non-hydrogen) atoms. The zero-order valence-corrected chi connectivity index (χ0v) is 9.43. The number of hydrogen-bond acceptors (Lipinski definition) is 2. The minimum atomic E-state index is 0.726. The second-order valence-electron chi connectivity index (χ2n) is 4.03. The SMILES string of the molecule is NC(=NCC1CCCCS1)N1CCC1. The van der Waals surface area contributed by atoms with Crippen molar-refractivity contribution in [3.8, 4) is 0 Å². The Morgan fingerprint density at radius 1 is 1.36 bits per heavy atom. The van der Waals surface area contributed by atoms with Crippen LogP contribution in [0.4, 0.5) is 0 Å². The molecule has 0 radical (unpaired) electrons. The molecule has 0 amide bonds. The molecule has 0 aromatic carbocycles. The van der Waals surface area contributed by atoms with Crippen LogP contribution in [0.3, 0.4) is 0 Å². The van der Waals surface area contributed by atoms with E-state index in [-0.39, 0.29) is 0 Å². The normalized spacial score (nSPS) is 28.7. The molecule has 0 spiro atoms. The zero-order chi connectivity index (χ0) is 9.80. The first kappa shape index (κ1) is 10.1. The van der Waals surface area contributed by atoms with Gasteiger partial charge in [0.05, 0.1) is 6.54 Å². The Bertz CT molecular complexity index is 207. The van der Waals surface area contributed by atoms with Gasteiger partial charge in [0, 0.05) is 18.3 Å². The molecule has 0 aromatic rings. The van der Waals surface area contributed by atoms with Crippen LogP contribution in [0.5, 0.6) is 0 Å². The van der Waals surface area contributed by atoms with E-state index in [1.54, 1.807) is 0 Å². The summed E-state index contributed by atoms with van der Waals surface area (Å²) in [5, 5.41) is 0.726. The van der Waals surface area contributed by atoms with Crippen LogP contribution in [0.2, 0.25) is 0 Å². The molecule has 2 rings (SSSR count). The fourth-order valence-electron chi connectivity index (χ4n) is 1.79. The first-order valence-electron chi connectivity index (χ1n) is 5.53. The highest BCUT2D eigenvalue weighted by molar-refractivity contribution is 7.99. The molecule has 80 valence electrons. The standard InChI is InChI=1S/C10H19N3S/c11-10(13-5-3-6-13)12-8-9-4-1-2-7-14-9/h9H,1-8H2,(H2,11,12). The molecule has 2 fully saturated rings. The van der Waals surface area contributed by atoms with E-state index in [2.05, 4.69) is 21.7 Å². The average Bonchev–Trinajstić information content (AvgIpc) is 2.14. The first-order valence-corrected chi connectivity index (χ1v) is 6.57. The van der Waals surface area contributed by atoms with Gasteiger partial charge in [-0.2, -0.15) is 11.8 Å². The number of thioether (sulfide) groups is 1. The molecule has 2 saturated heterocycles. The molecule has 2 aliphatic rings. The number of likely N-dealkylation sites (tertiary alicyclic amines) is 1. The van der Waals surface area contributed by atoms with Gasteiger partial charge in [-0.25, -0.2) is 0 Å². The monoisotopic (exact) mass is 213 g/mol. The summed E-state index contributed by atoms with van der Waals surface area (Å²) >= 11 is 2.06. The molecular weight excluding hydrogens is 194 g/mol. The second kappa shape index (κ2) is 4.91. The van der Waals surface area contributed by atoms with Crippen molar-refractivity contribution in [1.29, 1.82) is 0 Å². The summed E-state index contributed by atoms with van der Waals surface area (Å²) in [6.07, 6.45) is 5.35. The van der Waals surface area contributed by atoms with Crippen LogP contribution in [0.1, 0.15) is 25.7 Å². The lowest BCUT2D eigenvalue weighted by atomic mass is 10.2. The van der Waals surface area contributed by atoms with Gasteiger partial charge in [-0.15, -0.1) is 0 Å². The number of nitrogens with zero attached hydrogens (tertiary/aromatic N) is 2. The minimum Gasteiger partial charge on any atom is -0.370 e. The Kier molecular flexibility index (Phi) is 3.56. The van der Waals surface area contributed by atoms with Crippen molar-refractivity contribution >= 4 is 17.7 Å². The van der Waals surface area contributed by atoms with Gasteiger partial charge in [0.15, 0.2) is 5.96 Å². The third-order valence-corrected chi connectivity index (χ3v) is 4.29. The highest BCUT2D eigenvalue weighted by Gasteiger charge is 2.17. The molecule has 2 N–H and O–H groups in total. The molecule has 0 aliphatic carbocycles. The van der Waals surface area contributed by atoms with E-state index in [0.717, 1.165) is 30.8 Å². The molecule has 0 aromatic heterocycles. The van der Waals surface area contributed by atoms with Crippen LogP contribution in [-0.2, 0) is 0 Å². The predicted octanol–water partition coefficient (Wildman–Crippen LogP) is 1.29. The summed E-state index contributed by atoms with van der Waals surface area (Å²) in [4.78, 5) is 6.63. The molecule has 4 heteroatoms. The van der Waals surface area contributed by atoms with E-state index in [1.165, 1.54) is 31.4 Å². The third kappa shape index (κ3) is 2.56. The summed E-state index contributed by atoms with van der Waals surface area (Å²) in [6.45, 7) is 3.13. The molecule has 1 atom stereocenters. The number of hydrogen-bond donors (Lipinski definition) is 1. The largest absolute Gasteiger partial charge is 0.370 e. The van der Waals surface area contributed by atoms with Gasteiger partial charge in [-0.1, -0.05) is 6.42 Å². The number of nitrogens with two attached hydrogens (primary N) is 1. The van der Waals surface area contributed by atoms with Gasteiger partial charge < -0.3 is 10.6 Å². The van der Waals surface area contributed by atoms with Gasteiger partial charge in [0.25, 0.3) is 0 Å². The summed E-state index contributed by atoms with van der Waals surface area (Å²) in [5.74, 6) is 2.08. The number of rotatable bonds is 2. The molecule has 0 saturated carbocycles. The molecular formula is C10H19N3S. The smallest absolute Gasteiger partial charge is 0.191 e. The first-order chi connectivity index (χ1) is 6.86. The number of aliphatic imine (C=N–C) groups is 1. The van der Waals surface area contributed by atoms with Crippen molar-refractivity contribution in [2.75, 3.05) is 25.4 Å². The van der Waals surface area contributed by atoms with Crippen molar-refractivity contribution in [2.45, 2.75) is 30.9 Å². The molecule has 2 heterocycles. The van der Waals surface area contributed by atoms with Crippen LogP contribution in [0.15, 0.2) is 4.99 Å². The lowest BCUT2D eigenvalue weighted by Gasteiger charge is -2.32. The molecule has 0 bridgehead atoms. The van der Waals surface area contributed by atoms with Gasteiger partial charge in [0.2, 0.25) is 0 Å². The van der Waals surface area contributed by atoms with Gasteiger partial charge in [-0.3, -0.25) is 4.99 Å². The molecule has 1 unspecified atom stereocenters. The van der Waals surface area contributed by atoms with Crippen LogP contribution in [0.25, 0.3) is 0 Å². The highest BCUT2D eigenvalue weighted by Crippen LogP contribution is 2.25. The van der Waals surface area contributed by atoms with Crippen LogP contribution in [-0.4, -0.2) is 41.5 Å². The van der Waals surface area contributed by atoms with Crippen molar-refractivity contribution < 1.29 is 0 Å². The minimum absolute atomic E-state index is 0.726. The van der Waals surface area contributed by atoms with E-state index >= 15 is 0 Å². The van der Waals surface area contributed by atoms with Crippen molar-refractivity contribution in [3.63, 3.8) is 0 Å². The average molecular weight is 213 g/mol. The predicted molar refractivity (Wildman–Crippen MR) is 62.8 cm³/mol. The van der Waals surface area contributed by atoms with Gasteiger partial charge >= 0.3 is 0 Å². The fraction of sp³-hybridized carbons (Fsp3) is 0.900. The summed E-state index contributed by atoms with van der Waals surface area (Å²) in [7, 11) is 0. The van der Waals surface area contributed by atoms with Crippen molar-refractivity contribution in [1.82, 2.24) is 4.90 Å². The molecule has 3 nitrogen and oxygen atoms in total. The lowest BCUT2D eigenvalue weighted by Crippen LogP contribution is -2.46. The van der Waals surface area contributed by atoms with E-state index < -0.39 is 0 Å². The maximum atomic E-state index is 5.86. The Labute approximate surface area is 90.1 Å². The topological polar surface area (TPSA) is 41.6 Å². The summed E-state index contributed by atoms with van der Waals surface area (Å²) < 4.78 is 0. The van der Waals surface area contributed by atoms with E-state index in [9.17, 15) is 0 Å². The van der Waals surface area contributed by atoms with Gasteiger partial charge in [0.1, 0.15) is 0 Å². The highest BCUT2D eigenvalue weighted by atomic mass is 32.2. The van der Waals surface area contributed by atoms with Crippen molar-refractivity contribution in [2.24, 2.45) is 10.7 Å². The van der Waals surface area contributed by atoms with E-state index in [1.807, 2.05) is 0 Å². The van der Waals surface area contributed by atoms with Gasteiger partial charge in [-0.05, 0) is 25.0 Å². The van der Waals surface area contributed by atoms with Crippen molar-refractivity contribution in [3.05, 3.63) is 0 Å². The third-order valence-electron chi connectivity index (χ3n) is 2.91. The molecule has 2 aliphatic heterocycles. The van der Waals surface area contributed by atoms with Crippen LogP contribution < -0.4 is 5.73 Å². The Morgan fingerprint density at radius 2 is 2.21 bits per heavy atom. The summed E-state index contributed by atoms with van der Waals surface area (Å²) in [6, 6.07) is 0. The fourth-order valence-corrected chi connectivity index (χ4v) is 3.01. The lowest BCUT2D eigenvalue weighted by molar-refractivity contribution is 0.295. The Morgan fingerprint density at radius 3 is 2.79 bits per heavy atom. The second-order valence-corrected chi connectivity index (χ2v) is 5.44. The van der Waals surface area contributed by atoms with Crippen LogP contribution in [0, 0.1) is 0 Å². The number of guanidine groups is 1. The van der Waals surface area contributed by atoms with E-state index in [0.29, 0.717) is 0 Å². The maximum absolute atomic E-state index is 5.86. The maximum Gasteiger partial charge on any atom is 0.191 e.